The van der Waals surface area contributed by atoms with E-state index in [9.17, 15) is 4.79 Å². The van der Waals surface area contributed by atoms with Gasteiger partial charge in [0.15, 0.2) is 0 Å². The number of allylic oxidation sites excluding steroid dienone is 2. The molecule has 0 aromatic heterocycles. The normalized spacial score (nSPS) is 11.5. The first-order chi connectivity index (χ1) is 5.22. The summed E-state index contributed by atoms with van der Waals surface area (Å²) < 4.78 is 0. The lowest BCUT2D eigenvalue weighted by Crippen LogP contribution is -2.00. The van der Waals surface area contributed by atoms with Crippen LogP contribution in [0.3, 0.4) is 0 Å². The number of carboxylic acid groups (broad SMARTS) is 1. The van der Waals surface area contributed by atoms with E-state index < -0.39 is 5.97 Å². The van der Waals surface area contributed by atoms with Crippen molar-refractivity contribution in [1.29, 1.82) is 0 Å². The lowest BCUT2D eigenvalue weighted by Gasteiger charge is -1.88. The van der Waals surface area contributed by atoms with Crippen molar-refractivity contribution in [3.05, 3.63) is 37.1 Å². The van der Waals surface area contributed by atoms with Gasteiger partial charge in [-0.25, -0.2) is 4.79 Å². The summed E-state index contributed by atoms with van der Waals surface area (Å²) in [4.78, 5) is 13.9. The zero-order chi connectivity index (χ0) is 8.69. The molecule has 0 spiro atoms. The highest BCUT2D eigenvalue weighted by Crippen LogP contribution is 1.90. The zero-order valence-corrected chi connectivity index (χ0v) is 6.03. The molecule has 0 saturated carbocycles. The molecule has 0 saturated heterocycles. The number of carboxylic acids is 1. The van der Waals surface area contributed by atoms with Crippen LogP contribution in [-0.4, -0.2) is 17.3 Å². The minimum Gasteiger partial charge on any atom is -0.478 e. The SMILES string of the molecule is C=C/C=C(\C=NC=C)C(=O)O. The van der Waals surface area contributed by atoms with E-state index in [0.717, 1.165) is 0 Å². The first-order valence-electron chi connectivity index (χ1n) is 2.92. The third kappa shape index (κ3) is 3.86. The van der Waals surface area contributed by atoms with E-state index in [4.69, 9.17) is 5.11 Å². The summed E-state index contributed by atoms with van der Waals surface area (Å²) in [6, 6.07) is 0. The van der Waals surface area contributed by atoms with E-state index in [1.165, 1.54) is 24.6 Å². The third-order valence-electron chi connectivity index (χ3n) is 0.863. The Morgan fingerprint density at radius 1 is 1.45 bits per heavy atom. The summed E-state index contributed by atoms with van der Waals surface area (Å²) in [6.45, 7) is 6.67. The molecule has 0 atom stereocenters. The molecule has 0 rings (SSSR count). The van der Waals surface area contributed by atoms with E-state index in [2.05, 4.69) is 18.2 Å². The molecular formula is C8H9NO2. The summed E-state index contributed by atoms with van der Waals surface area (Å²) in [5.41, 5.74) is 0.0832. The minimum absolute atomic E-state index is 0.0832. The summed E-state index contributed by atoms with van der Waals surface area (Å²) in [5.74, 6) is -1.03. The Morgan fingerprint density at radius 2 is 2.09 bits per heavy atom. The van der Waals surface area contributed by atoms with Crippen molar-refractivity contribution in [3.8, 4) is 0 Å². The number of carbonyl (C=O) groups is 1. The van der Waals surface area contributed by atoms with Gasteiger partial charge in [-0.05, 0) is 6.08 Å². The molecule has 0 heterocycles. The van der Waals surface area contributed by atoms with Crippen molar-refractivity contribution >= 4 is 12.2 Å². The number of rotatable bonds is 4. The van der Waals surface area contributed by atoms with Crippen molar-refractivity contribution in [2.24, 2.45) is 4.99 Å². The Hall–Kier alpha value is -1.64. The highest BCUT2D eigenvalue weighted by molar-refractivity contribution is 6.08. The molecular weight excluding hydrogens is 142 g/mol. The standard InChI is InChI=1S/C8H9NO2/c1-3-5-7(8(10)11)6-9-4-2/h3-6H,1-2H2,(H,10,11)/b7-5+,9-6?. The van der Waals surface area contributed by atoms with Crippen LogP contribution in [0.5, 0.6) is 0 Å². The van der Waals surface area contributed by atoms with Gasteiger partial charge in [-0.15, -0.1) is 0 Å². The van der Waals surface area contributed by atoms with Crippen LogP contribution in [0.15, 0.2) is 42.1 Å². The minimum atomic E-state index is -1.03. The van der Waals surface area contributed by atoms with Crippen LogP contribution < -0.4 is 0 Å². The van der Waals surface area contributed by atoms with Crippen molar-refractivity contribution in [3.63, 3.8) is 0 Å². The second kappa shape index (κ2) is 5.17. The molecule has 0 bridgehead atoms. The molecule has 0 aromatic carbocycles. The smallest absolute Gasteiger partial charge is 0.337 e. The van der Waals surface area contributed by atoms with Gasteiger partial charge >= 0.3 is 5.97 Å². The number of hydrogen-bond acceptors (Lipinski definition) is 2. The van der Waals surface area contributed by atoms with Gasteiger partial charge in [0.1, 0.15) is 0 Å². The van der Waals surface area contributed by atoms with Crippen LogP contribution in [0.2, 0.25) is 0 Å². The fourth-order valence-corrected chi connectivity index (χ4v) is 0.430. The highest BCUT2D eigenvalue weighted by Gasteiger charge is 2.00. The number of aliphatic imine (C=N–C) groups is 1. The van der Waals surface area contributed by atoms with Crippen molar-refractivity contribution < 1.29 is 9.90 Å². The molecule has 11 heavy (non-hydrogen) atoms. The lowest BCUT2D eigenvalue weighted by atomic mass is 10.3. The molecule has 0 radical (unpaired) electrons. The zero-order valence-electron chi connectivity index (χ0n) is 6.03. The Bertz CT molecular complexity index is 226. The number of aliphatic carboxylic acids is 1. The fourth-order valence-electron chi connectivity index (χ4n) is 0.430. The maximum Gasteiger partial charge on any atom is 0.337 e. The van der Waals surface area contributed by atoms with E-state index >= 15 is 0 Å². The Kier molecular flexibility index (Phi) is 4.40. The van der Waals surface area contributed by atoms with Crippen LogP contribution in [0.1, 0.15) is 0 Å². The van der Waals surface area contributed by atoms with Gasteiger partial charge in [0, 0.05) is 12.4 Å². The average molecular weight is 151 g/mol. The second-order valence-corrected chi connectivity index (χ2v) is 1.62. The fraction of sp³-hybridized carbons (Fsp3) is 0. The van der Waals surface area contributed by atoms with E-state index in [-0.39, 0.29) is 5.57 Å². The first kappa shape index (κ1) is 9.36. The summed E-state index contributed by atoms with van der Waals surface area (Å²) in [5, 5.41) is 8.49. The average Bonchev–Trinajstić information content (AvgIpc) is 1.97. The lowest BCUT2D eigenvalue weighted by molar-refractivity contribution is -0.132. The van der Waals surface area contributed by atoms with Crippen molar-refractivity contribution in [2.75, 3.05) is 0 Å². The van der Waals surface area contributed by atoms with E-state index in [1.807, 2.05) is 0 Å². The quantitative estimate of drug-likeness (QED) is 0.375. The Balaban J connectivity index is 4.47. The molecule has 1 N–H and O–H groups in total. The maximum atomic E-state index is 10.4. The monoisotopic (exact) mass is 151 g/mol. The molecule has 3 nitrogen and oxygen atoms in total. The van der Waals surface area contributed by atoms with Crippen LogP contribution in [-0.2, 0) is 4.79 Å². The molecule has 0 fully saturated rings. The van der Waals surface area contributed by atoms with Crippen LogP contribution in [0.25, 0.3) is 0 Å². The van der Waals surface area contributed by atoms with Crippen molar-refractivity contribution in [1.82, 2.24) is 0 Å². The molecule has 3 heteroatoms. The van der Waals surface area contributed by atoms with Crippen LogP contribution in [0, 0.1) is 0 Å². The van der Waals surface area contributed by atoms with Gasteiger partial charge < -0.3 is 5.11 Å². The summed E-state index contributed by atoms with van der Waals surface area (Å²) >= 11 is 0. The second-order valence-electron chi connectivity index (χ2n) is 1.62. The molecule has 0 unspecified atom stereocenters. The van der Waals surface area contributed by atoms with Gasteiger partial charge in [0.05, 0.1) is 5.57 Å². The van der Waals surface area contributed by atoms with Crippen LogP contribution in [0.4, 0.5) is 0 Å². The number of hydrogen-bond donors (Lipinski definition) is 1. The first-order valence-corrected chi connectivity index (χ1v) is 2.92. The van der Waals surface area contributed by atoms with E-state index in [1.54, 1.807) is 0 Å². The summed E-state index contributed by atoms with van der Waals surface area (Å²) in [7, 11) is 0. The maximum absolute atomic E-state index is 10.4. The molecule has 0 aliphatic heterocycles. The van der Waals surface area contributed by atoms with Crippen LogP contribution >= 0.6 is 0 Å². The highest BCUT2D eigenvalue weighted by atomic mass is 16.4. The third-order valence-corrected chi connectivity index (χ3v) is 0.863. The van der Waals surface area contributed by atoms with Crippen molar-refractivity contribution in [2.45, 2.75) is 0 Å². The van der Waals surface area contributed by atoms with Gasteiger partial charge in [-0.3, -0.25) is 4.99 Å². The van der Waals surface area contributed by atoms with E-state index in [0.29, 0.717) is 0 Å². The molecule has 0 amide bonds. The molecule has 0 aliphatic carbocycles. The summed E-state index contributed by atoms with van der Waals surface area (Å²) in [6.07, 6.45) is 5.21. The Morgan fingerprint density at radius 3 is 2.45 bits per heavy atom. The topological polar surface area (TPSA) is 49.7 Å². The predicted molar refractivity (Wildman–Crippen MR) is 44.6 cm³/mol. The molecule has 0 aliphatic rings. The number of nitrogens with zero attached hydrogens (tertiary/aromatic N) is 1. The van der Waals surface area contributed by atoms with Gasteiger partial charge in [-0.1, -0.05) is 19.2 Å². The molecule has 0 aromatic rings. The Labute approximate surface area is 65.1 Å². The molecule has 58 valence electrons. The van der Waals surface area contributed by atoms with Gasteiger partial charge in [0.2, 0.25) is 0 Å². The predicted octanol–water partition coefficient (Wildman–Crippen LogP) is 1.40. The van der Waals surface area contributed by atoms with Gasteiger partial charge in [0.25, 0.3) is 0 Å². The van der Waals surface area contributed by atoms with Gasteiger partial charge in [-0.2, -0.15) is 0 Å². The largest absolute Gasteiger partial charge is 0.478 e.